The van der Waals surface area contributed by atoms with Gasteiger partial charge < -0.3 is 0 Å². The van der Waals surface area contributed by atoms with Crippen molar-refractivity contribution >= 4 is 11.6 Å². The molecule has 1 aromatic heterocycles. The molecule has 0 N–H and O–H groups in total. The molecule has 3 nitrogen and oxygen atoms in total. The molecule has 1 heterocycles. The van der Waals surface area contributed by atoms with Crippen molar-refractivity contribution in [2.75, 3.05) is 0 Å². The first-order chi connectivity index (χ1) is 11.8. The molecule has 25 heavy (non-hydrogen) atoms. The number of nitrogens with zero attached hydrogens (tertiary/aromatic N) is 1. The van der Waals surface area contributed by atoms with Gasteiger partial charge in [-0.3, -0.25) is 14.6 Å². The molecule has 1 aliphatic carbocycles. The standard InChI is InChI=1S/C19H16F3NO2/c1-2-18(9-13-8-7-12(11-23-13)19(20,21)22)10-16(24)14-5-3-4-6-15(14)17(18)25/h3-8,11H,2,9-10H2,1H3. The Morgan fingerprint density at radius 3 is 2.32 bits per heavy atom. The molecular formula is C19H16F3NO2. The number of benzene rings is 1. The molecule has 0 saturated heterocycles. The Labute approximate surface area is 142 Å². The van der Waals surface area contributed by atoms with E-state index in [1.165, 1.54) is 6.07 Å². The van der Waals surface area contributed by atoms with Crippen LogP contribution in [0, 0.1) is 5.41 Å². The molecule has 3 rings (SSSR count). The highest BCUT2D eigenvalue weighted by Crippen LogP contribution is 2.41. The van der Waals surface area contributed by atoms with Crippen molar-refractivity contribution in [1.29, 1.82) is 0 Å². The number of aromatic nitrogens is 1. The van der Waals surface area contributed by atoms with Gasteiger partial charge in [0.15, 0.2) is 11.6 Å². The average Bonchev–Trinajstić information content (AvgIpc) is 2.59. The molecule has 0 saturated carbocycles. The third-order valence-electron chi connectivity index (χ3n) is 4.80. The summed E-state index contributed by atoms with van der Waals surface area (Å²) in [5, 5.41) is 0. The predicted octanol–water partition coefficient (Wildman–Crippen LogP) is 4.51. The largest absolute Gasteiger partial charge is 0.417 e. The number of Topliss-reactive ketones (excluding diaryl/α,β-unsaturated/α-hetero) is 2. The zero-order chi connectivity index (χ0) is 18.2. The second-order valence-corrected chi connectivity index (χ2v) is 6.32. The number of carbonyl (C=O) groups is 2. The number of rotatable bonds is 3. The third-order valence-corrected chi connectivity index (χ3v) is 4.80. The number of hydrogen-bond acceptors (Lipinski definition) is 3. The molecule has 0 aliphatic heterocycles. The van der Waals surface area contributed by atoms with Gasteiger partial charge in [-0.2, -0.15) is 13.2 Å². The fourth-order valence-electron chi connectivity index (χ4n) is 3.29. The lowest BCUT2D eigenvalue weighted by Crippen LogP contribution is -2.40. The first-order valence-corrected chi connectivity index (χ1v) is 7.96. The van der Waals surface area contributed by atoms with Crippen LogP contribution in [0.4, 0.5) is 13.2 Å². The average molecular weight is 347 g/mol. The monoisotopic (exact) mass is 347 g/mol. The Morgan fingerprint density at radius 1 is 1.08 bits per heavy atom. The van der Waals surface area contributed by atoms with Crippen molar-refractivity contribution in [3.63, 3.8) is 0 Å². The summed E-state index contributed by atoms with van der Waals surface area (Å²) in [7, 11) is 0. The quantitative estimate of drug-likeness (QED) is 0.821. The highest BCUT2D eigenvalue weighted by molar-refractivity contribution is 6.16. The van der Waals surface area contributed by atoms with Crippen LogP contribution in [0.2, 0.25) is 0 Å². The maximum atomic E-state index is 13.0. The van der Waals surface area contributed by atoms with Crippen molar-refractivity contribution in [3.8, 4) is 0 Å². The fourth-order valence-corrected chi connectivity index (χ4v) is 3.29. The van der Waals surface area contributed by atoms with E-state index in [2.05, 4.69) is 4.98 Å². The lowest BCUT2D eigenvalue weighted by Gasteiger charge is -2.34. The fraction of sp³-hybridized carbons (Fsp3) is 0.316. The summed E-state index contributed by atoms with van der Waals surface area (Å²) in [6, 6.07) is 8.89. The maximum Gasteiger partial charge on any atom is 0.417 e. The molecule has 1 aliphatic rings. The van der Waals surface area contributed by atoms with Gasteiger partial charge >= 0.3 is 6.18 Å². The highest BCUT2D eigenvalue weighted by Gasteiger charge is 2.44. The van der Waals surface area contributed by atoms with Crippen LogP contribution in [-0.2, 0) is 12.6 Å². The van der Waals surface area contributed by atoms with Crippen LogP contribution in [-0.4, -0.2) is 16.6 Å². The number of ketones is 2. The molecule has 0 spiro atoms. The summed E-state index contributed by atoms with van der Waals surface area (Å²) in [4.78, 5) is 29.3. The Balaban J connectivity index is 1.95. The van der Waals surface area contributed by atoms with Crippen LogP contribution in [0.15, 0.2) is 42.6 Å². The van der Waals surface area contributed by atoms with Crippen molar-refractivity contribution in [2.24, 2.45) is 5.41 Å². The summed E-state index contributed by atoms with van der Waals surface area (Å²) >= 11 is 0. The molecule has 6 heteroatoms. The van der Waals surface area contributed by atoms with Crippen molar-refractivity contribution in [2.45, 2.75) is 32.4 Å². The second kappa shape index (κ2) is 6.10. The van der Waals surface area contributed by atoms with Gasteiger partial charge in [-0.1, -0.05) is 31.2 Å². The summed E-state index contributed by atoms with van der Waals surface area (Å²) < 4.78 is 38.0. The van der Waals surface area contributed by atoms with Crippen molar-refractivity contribution < 1.29 is 22.8 Å². The molecular weight excluding hydrogens is 331 g/mol. The Hall–Kier alpha value is -2.50. The van der Waals surface area contributed by atoms with Gasteiger partial charge in [0.25, 0.3) is 0 Å². The third kappa shape index (κ3) is 3.08. The van der Waals surface area contributed by atoms with E-state index in [1.807, 2.05) is 6.92 Å². The molecule has 0 fully saturated rings. The van der Waals surface area contributed by atoms with Crippen LogP contribution in [0.25, 0.3) is 0 Å². The van der Waals surface area contributed by atoms with Crippen molar-refractivity contribution in [3.05, 3.63) is 65.0 Å². The van der Waals surface area contributed by atoms with E-state index in [1.54, 1.807) is 24.3 Å². The van der Waals surface area contributed by atoms with Crippen molar-refractivity contribution in [1.82, 2.24) is 4.98 Å². The van der Waals surface area contributed by atoms with E-state index in [0.29, 0.717) is 23.2 Å². The topological polar surface area (TPSA) is 47.0 Å². The molecule has 1 aromatic carbocycles. The zero-order valence-electron chi connectivity index (χ0n) is 13.6. The van der Waals surface area contributed by atoms with E-state index < -0.39 is 17.2 Å². The number of pyridine rings is 1. The number of alkyl halides is 3. The smallest absolute Gasteiger partial charge is 0.294 e. The van der Waals surface area contributed by atoms with Gasteiger partial charge in [-0.15, -0.1) is 0 Å². The SMILES string of the molecule is CCC1(Cc2ccc(C(F)(F)F)cn2)CC(=O)c2ccccc2C1=O. The molecule has 1 unspecified atom stereocenters. The molecule has 0 bridgehead atoms. The van der Waals surface area contributed by atoms with Crippen LogP contribution in [0.3, 0.4) is 0 Å². The van der Waals surface area contributed by atoms with Gasteiger partial charge in [0.2, 0.25) is 0 Å². The molecule has 130 valence electrons. The van der Waals surface area contributed by atoms with E-state index in [-0.39, 0.29) is 24.4 Å². The molecule has 0 radical (unpaired) electrons. The van der Waals surface area contributed by atoms with Gasteiger partial charge in [0.05, 0.1) is 5.56 Å². The lowest BCUT2D eigenvalue weighted by atomic mass is 9.66. The maximum absolute atomic E-state index is 13.0. The van der Waals surface area contributed by atoms with E-state index in [0.717, 1.165) is 12.3 Å². The minimum atomic E-state index is -4.45. The first kappa shape index (κ1) is 17.3. The summed E-state index contributed by atoms with van der Waals surface area (Å²) in [5.74, 6) is -0.268. The van der Waals surface area contributed by atoms with Crippen LogP contribution < -0.4 is 0 Å². The van der Waals surface area contributed by atoms with Crippen LogP contribution in [0.5, 0.6) is 0 Å². The molecule has 2 aromatic rings. The zero-order valence-corrected chi connectivity index (χ0v) is 13.6. The van der Waals surface area contributed by atoms with E-state index in [9.17, 15) is 22.8 Å². The number of carbonyl (C=O) groups excluding carboxylic acids is 2. The molecule has 0 amide bonds. The summed E-state index contributed by atoms with van der Waals surface area (Å²) in [5.41, 5.74) is -0.629. The number of halogens is 3. The van der Waals surface area contributed by atoms with Crippen LogP contribution in [0.1, 0.15) is 51.7 Å². The highest BCUT2D eigenvalue weighted by atomic mass is 19.4. The van der Waals surface area contributed by atoms with Gasteiger partial charge in [-0.25, -0.2) is 0 Å². The Bertz CT molecular complexity index is 827. The minimum Gasteiger partial charge on any atom is -0.294 e. The second-order valence-electron chi connectivity index (χ2n) is 6.32. The van der Waals surface area contributed by atoms with Gasteiger partial charge in [-0.05, 0) is 18.6 Å². The lowest BCUT2D eigenvalue weighted by molar-refractivity contribution is -0.137. The van der Waals surface area contributed by atoms with Gasteiger partial charge in [0.1, 0.15) is 0 Å². The number of hydrogen-bond donors (Lipinski definition) is 0. The predicted molar refractivity (Wildman–Crippen MR) is 85.4 cm³/mol. The molecule has 1 atom stereocenters. The number of fused-ring (bicyclic) bond motifs is 1. The van der Waals surface area contributed by atoms with Crippen LogP contribution >= 0.6 is 0 Å². The summed E-state index contributed by atoms with van der Waals surface area (Å²) in [6.07, 6.45) is -3.09. The van der Waals surface area contributed by atoms with E-state index >= 15 is 0 Å². The minimum absolute atomic E-state index is 0.0437. The normalized spacial score (nSPS) is 20.5. The van der Waals surface area contributed by atoms with Gasteiger partial charge in [0, 0.05) is 41.3 Å². The summed E-state index contributed by atoms with van der Waals surface area (Å²) in [6.45, 7) is 1.81. The first-order valence-electron chi connectivity index (χ1n) is 7.96. The Kier molecular flexibility index (Phi) is 4.22. The Morgan fingerprint density at radius 2 is 1.76 bits per heavy atom. The van der Waals surface area contributed by atoms with E-state index in [4.69, 9.17) is 0 Å².